The maximum absolute atomic E-state index is 12.2. The minimum atomic E-state index is -0.426. The lowest BCUT2D eigenvalue weighted by atomic mass is 10.2. The molecule has 0 aliphatic carbocycles. The molecule has 5 nitrogen and oxygen atoms in total. The minimum Gasteiger partial charge on any atom is -0.465 e. The molecule has 1 heterocycles. The van der Waals surface area contributed by atoms with E-state index in [1.807, 2.05) is 6.92 Å². The van der Waals surface area contributed by atoms with E-state index in [9.17, 15) is 9.59 Å². The zero-order valence-corrected chi connectivity index (χ0v) is 13.2. The Kier molecular flexibility index (Phi) is 6.92. The van der Waals surface area contributed by atoms with Crippen LogP contribution in [0.25, 0.3) is 0 Å². The molecular weight excluding hydrogens is 290 g/mol. The number of hydrogen-bond acceptors (Lipinski definition) is 5. The molecule has 0 atom stereocenters. The summed E-state index contributed by atoms with van der Waals surface area (Å²) in [5, 5.41) is 8.70. The van der Waals surface area contributed by atoms with E-state index in [4.69, 9.17) is 9.84 Å². The van der Waals surface area contributed by atoms with Gasteiger partial charge in [0.1, 0.15) is 6.54 Å². The standard InChI is InChI=1S/C15H19NO4S/c1-4-20-14(18)10-16(3)15(19)13-9-11(2)12(21-13)7-5-6-8-17/h9,17H,4,6,8,10H2,1-3H3. The highest BCUT2D eigenvalue weighted by Crippen LogP contribution is 2.22. The van der Waals surface area contributed by atoms with Crippen molar-refractivity contribution in [1.29, 1.82) is 0 Å². The molecule has 0 spiro atoms. The van der Waals surface area contributed by atoms with Gasteiger partial charge in [-0.2, -0.15) is 0 Å². The fourth-order valence-electron chi connectivity index (χ4n) is 1.57. The molecule has 0 fully saturated rings. The van der Waals surface area contributed by atoms with Crippen molar-refractivity contribution in [2.75, 3.05) is 26.8 Å². The van der Waals surface area contributed by atoms with Crippen molar-refractivity contribution in [1.82, 2.24) is 4.90 Å². The Labute approximate surface area is 128 Å². The molecule has 1 aromatic heterocycles. The predicted molar refractivity (Wildman–Crippen MR) is 81.2 cm³/mol. The Morgan fingerprint density at radius 1 is 1.48 bits per heavy atom. The van der Waals surface area contributed by atoms with Crippen LogP contribution in [0.5, 0.6) is 0 Å². The summed E-state index contributed by atoms with van der Waals surface area (Å²) in [6.07, 6.45) is 0.406. The molecule has 0 unspecified atom stereocenters. The van der Waals surface area contributed by atoms with E-state index in [-0.39, 0.29) is 19.1 Å². The average molecular weight is 309 g/mol. The van der Waals surface area contributed by atoms with E-state index in [2.05, 4.69) is 11.8 Å². The lowest BCUT2D eigenvalue weighted by molar-refractivity contribution is -0.143. The van der Waals surface area contributed by atoms with Gasteiger partial charge in [0.25, 0.3) is 5.91 Å². The van der Waals surface area contributed by atoms with Crippen molar-refractivity contribution in [2.45, 2.75) is 20.3 Å². The van der Waals surface area contributed by atoms with Crippen LogP contribution in [0.4, 0.5) is 0 Å². The van der Waals surface area contributed by atoms with E-state index in [1.54, 1.807) is 20.0 Å². The monoisotopic (exact) mass is 309 g/mol. The number of esters is 1. The lowest BCUT2D eigenvalue weighted by Gasteiger charge is -2.14. The highest BCUT2D eigenvalue weighted by atomic mass is 32.1. The molecule has 0 radical (unpaired) electrons. The first-order valence-corrected chi connectivity index (χ1v) is 7.42. The number of aryl methyl sites for hydroxylation is 1. The van der Waals surface area contributed by atoms with Crippen molar-refractivity contribution in [2.24, 2.45) is 0 Å². The van der Waals surface area contributed by atoms with Crippen molar-refractivity contribution in [3.8, 4) is 11.8 Å². The molecule has 1 rings (SSSR count). The maximum Gasteiger partial charge on any atom is 0.325 e. The number of thiophene rings is 1. The minimum absolute atomic E-state index is 0.0193. The van der Waals surface area contributed by atoms with Gasteiger partial charge in [-0.3, -0.25) is 9.59 Å². The molecule has 1 amide bonds. The van der Waals surface area contributed by atoms with Gasteiger partial charge in [-0.1, -0.05) is 11.8 Å². The molecule has 0 bridgehead atoms. The number of carbonyl (C=O) groups is 2. The summed E-state index contributed by atoms with van der Waals surface area (Å²) in [6, 6.07) is 1.76. The molecule has 0 aliphatic heterocycles. The summed E-state index contributed by atoms with van der Waals surface area (Å²) in [4.78, 5) is 26.3. The molecule has 0 aromatic carbocycles. The fourth-order valence-corrected chi connectivity index (χ4v) is 2.61. The Hall–Kier alpha value is -1.84. The lowest BCUT2D eigenvalue weighted by Crippen LogP contribution is -2.32. The largest absolute Gasteiger partial charge is 0.465 e. The Morgan fingerprint density at radius 2 is 2.19 bits per heavy atom. The Morgan fingerprint density at radius 3 is 2.81 bits per heavy atom. The SMILES string of the molecule is CCOC(=O)CN(C)C(=O)c1cc(C)c(C#CCCO)s1. The first kappa shape index (κ1) is 17.2. The summed E-state index contributed by atoms with van der Waals surface area (Å²) in [7, 11) is 1.56. The van der Waals surface area contributed by atoms with Crippen molar-refractivity contribution in [3.63, 3.8) is 0 Å². The van der Waals surface area contributed by atoms with E-state index >= 15 is 0 Å². The number of carbonyl (C=O) groups excluding carboxylic acids is 2. The average Bonchev–Trinajstić information content (AvgIpc) is 2.80. The van der Waals surface area contributed by atoms with Crippen LogP contribution in [0.15, 0.2) is 6.07 Å². The predicted octanol–water partition coefficient (Wildman–Crippen LogP) is 1.43. The summed E-state index contributed by atoms with van der Waals surface area (Å²) in [5.74, 6) is 5.11. The molecule has 114 valence electrons. The van der Waals surface area contributed by atoms with Gasteiger partial charge in [-0.15, -0.1) is 11.3 Å². The topological polar surface area (TPSA) is 66.8 Å². The van der Waals surface area contributed by atoms with Crippen LogP contribution in [0.2, 0.25) is 0 Å². The van der Waals surface area contributed by atoms with Gasteiger partial charge < -0.3 is 14.7 Å². The molecule has 21 heavy (non-hydrogen) atoms. The number of nitrogens with zero attached hydrogens (tertiary/aromatic N) is 1. The second-order valence-electron chi connectivity index (χ2n) is 4.36. The number of rotatable bonds is 5. The second-order valence-corrected chi connectivity index (χ2v) is 5.42. The zero-order chi connectivity index (χ0) is 15.8. The molecule has 1 aromatic rings. The van der Waals surface area contributed by atoms with Gasteiger partial charge in [-0.25, -0.2) is 0 Å². The fraction of sp³-hybridized carbons (Fsp3) is 0.467. The third-order valence-electron chi connectivity index (χ3n) is 2.59. The smallest absolute Gasteiger partial charge is 0.325 e. The first-order valence-electron chi connectivity index (χ1n) is 6.60. The number of hydrogen-bond donors (Lipinski definition) is 1. The maximum atomic E-state index is 12.2. The molecule has 0 saturated heterocycles. The molecule has 0 aliphatic rings. The van der Waals surface area contributed by atoms with Crippen LogP contribution < -0.4 is 0 Å². The summed E-state index contributed by atoms with van der Waals surface area (Å²) < 4.78 is 4.82. The van der Waals surface area contributed by atoms with E-state index < -0.39 is 5.97 Å². The van der Waals surface area contributed by atoms with Gasteiger partial charge in [0.15, 0.2) is 0 Å². The highest BCUT2D eigenvalue weighted by Gasteiger charge is 2.18. The Balaban J connectivity index is 2.77. The summed E-state index contributed by atoms with van der Waals surface area (Å²) in [6.45, 7) is 3.84. The number of ether oxygens (including phenoxy) is 1. The van der Waals surface area contributed by atoms with Crippen LogP contribution in [-0.2, 0) is 9.53 Å². The number of aliphatic hydroxyl groups is 1. The second kappa shape index (κ2) is 8.45. The summed E-state index contributed by atoms with van der Waals surface area (Å²) in [5.41, 5.74) is 0.915. The van der Waals surface area contributed by atoms with Gasteiger partial charge in [-0.05, 0) is 25.5 Å². The first-order chi connectivity index (χ1) is 9.99. The van der Waals surface area contributed by atoms with Crippen LogP contribution in [0, 0.1) is 18.8 Å². The number of amides is 1. The van der Waals surface area contributed by atoms with Gasteiger partial charge in [0.2, 0.25) is 0 Å². The summed E-state index contributed by atoms with van der Waals surface area (Å²) >= 11 is 1.29. The van der Waals surface area contributed by atoms with Gasteiger partial charge >= 0.3 is 5.97 Å². The van der Waals surface area contributed by atoms with Crippen LogP contribution in [0.1, 0.15) is 33.5 Å². The van der Waals surface area contributed by atoms with Crippen molar-refractivity contribution < 1.29 is 19.4 Å². The van der Waals surface area contributed by atoms with Crippen molar-refractivity contribution in [3.05, 3.63) is 21.4 Å². The van der Waals surface area contributed by atoms with Crippen molar-refractivity contribution >= 4 is 23.2 Å². The third kappa shape index (κ3) is 5.21. The van der Waals surface area contributed by atoms with E-state index in [0.29, 0.717) is 17.9 Å². The highest BCUT2D eigenvalue weighted by molar-refractivity contribution is 7.14. The van der Waals surface area contributed by atoms with Crippen LogP contribution >= 0.6 is 11.3 Å². The molecule has 0 saturated carbocycles. The third-order valence-corrected chi connectivity index (χ3v) is 3.73. The van der Waals surface area contributed by atoms with Gasteiger partial charge in [0.05, 0.1) is 23.0 Å². The van der Waals surface area contributed by atoms with E-state index in [0.717, 1.165) is 10.4 Å². The number of likely N-dealkylation sites (N-methyl/N-ethyl adjacent to an activating group) is 1. The molecular formula is C15H19NO4S. The molecule has 1 N–H and O–H groups in total. The van der Waals surface area contributed by atoms with Crippen LogP contribution in [0.3, 0.4) is 0 Å². The quantitative estimate of drug-likeness (QED) is 0.660. The Bertz CT molecular complexity index is 568. The zero-order valence-electron chi connectivity index (χ0n) is 12.4. The van der Waals surface area contributed by atoms with Crippen LogP contribution in [-0.4, -0.2) is 48.7 Å². The molecule has 6 heteroatoms. The normalized spacial score (nSPS) is 9.71. The van der Waals surface area contributed by atoms with E-state index in [1.165, 1.54) is 16.2 Å². The van der Waals surface area contributed by atoms with Gasteiger partial charge in [0, 0.05) is 13.5 Å². The number of aliphatic hydroxyl groups excluding tert-OH is 1.